The summed E-state index contributed by atoms with van der Waals surface area (Å²) in [5.41, 5.74) is 4.24. The number of amides is 1. The van der Waals surface area contributed by atoms with Gasteiger partial charge >= 0.3 is 0 Å². The molecule has 3 heterocycles. The fraction of sp³-hybridized carbons (Fsp3) is 0.381. The Labute approximate surface area is 177 Å². The van der Waals surface area contributed by atoms with Crippen LogP contribution in [0.1, 0.15) is 21.6 Å². The Balaban J connectivity index is 1.51. The number of hydrogen-bond acceptors (Lipinski definition) is 4. The Morgan fingerprint density at radius 3 is 2.71 bits per heavy atom. The van der Waals surface area contributed by atoms with Crippen LogP contribution in [0.2, 0.25) is 0 Å². The van der Waals surface area contributed by atoms with Gasteiger partial charge in [-0.3, -0.25) is 9.69 Å². The van der Waals surface area contributed by atoms with Crippen molar-refractivity contribution in [2.45, 2.75) is 13.5 Å². The number of ether oxygens (including phenoxy) is 1. The van der Waals surface area contributed by atoms with Crippen molar-refractivity contribution in [2.75, 3.05) is 39.4 Å². The second-order valence-corrected chi connectivity index (χ2v) is 9.57. The number of benzene rings is 1. The predicted molar refractivity (Wildman–Crippen MR) is 117 cm³/mol. The van der Waals surface area contributed by atoms with Gasteiger partial charge < -0.3 is 14.6 Å². The quantitative estimate of drug-likeness (QED) is 0.605. The summed E-state index contributed by atoms with van der Waals surface area (Å²) in [4.78, 5) is 15.2. The van der Waals surface area contributed by atoms with E-state index in [0.29, 0.717) is 13.1 Å². The Morgan fingerprint density at radius 1 is 1.21 bits per heavy atom. The molecule has 3 aromatic rings. The van der Waals surface area contributed by atoms with Gasteiger partial charge in [0.25, 0.3) is 5.91 Å². The first-order valence-electron chi connectivity index (χ1n) is 9.52. The molecular weight excluding hydrogens is 438 g/mol. The molecule has 0 atom stereocenters. The van der Waals surface area contributed by atoms with Crippen LogP contribution in [0.5, 0.6) is 0 Å². The third-order valence-electron chi connectivity index (χ3n) is 5.07. The molecule has 5 nitrogen and oxygen atoms in total. The van der Waals surface area contributed by atoms with Gasteiger partial charge in [0.1, 0.15) is 5.69 Å². The molecule has 2 aromatic heterocycles. The lowest BCUT2D eigenvalue weighted by molar-refractivity contribution is 0.0383. The number of morpholine rings is 1. The average molecular weight is 462 g/mol. The molecule has 0 unspecified atom stereocenters. The van der Waals surface area contributed by atoms with E-state index in [2.05, 4.69) is 68.0 Å². The molecule has 1 saturated heterocycles. The van der Waals surface area contributed by atoms with Gasteiger partial charge in [-0.25, -0.2) is 0 Å². The van der Waals surface area contributed by atoms with Gasteiger partial charge in [-0.05, 0) is 40.5 Å². The molecule has 148 valence electrons. The van der Waals surface area contributed by atoms with E-state index < -0.39 is 0 Å². The van der Waals surface area contributed by atoms with E-state index in [1.165, 1.54) is 11.1 Å². The van der Waals surface area contributed by atoms with E-state index in [1.54, 1.807) is 11.3 Å². The van der Waals surface area contributed by atoms with Gasteiger partial charge in [-0.2, -0.15) is 0 Å². The lowest BCUT2D eigenvalue weighted by Gasteiger charge is -2.26. The minimum absolute atomic E-state index is 0.0140. The van der Waals surface area contributed by atoms with Crippen LogP contribution in [0.25, 0.3) is 10.2 Å². The van der Waals surface area contributed by atoms with Gasteiger partial charge in [0.2, 0.25) is 0 Å². The number of aromatic nitrogens is 1. The van der Waals surface area contributed by atoms with Crippen LogP contribution in [0, 0.1) is 6.92 Å². The molecule has 1 amide bonds. The molecule has 1 aliphatic rings. The maximum Gasteiger partial charge on any atom is 0.268 e. The van der Waals surface area contributed by atoms with E-state index in [9.17, 15) is 4.79 Å². The number of halogens is 1. The molecular formula is C21H24BrN3O2S. The molecule has 7 heteroatoms. The van der Waals surface area contributed by atoms with Crippen molar-refractivity contribution in [1.82, 2.24) is 14.8 Å². The largest absolute Gasteiger partial charge is 0.379 e. The summed E-state index contributed by atoms with van der Waals surface area (Å²) >= 11 is 5.23. The first-order valence-corrected chi connectivity index (χ1v) is 11.1. The predicted octanol–water partition coefficient (Wildman–Crippen LogP) is 3.88. The normalized spacial score (nSPS) is 15.2. The monoisotopic (exact) mass is 461 g/mol. The summed E-state index contributed by atoms with van der Waals surface area (Å²) in [7, 11) is 0. The maximum atomic E-state index is 12.9. The van der Waals surface area contributed by atoms with Crippen LogP contribution in [0.4, 0.5) is 0 Å². The van der Waals surface area contributed by atoms with Gasteiger partial charge in [-0.15, -0.1) is 11.3 Å². The Hall–Kier alpha value is -1.67. The average Bonchev–Trinajstić information content (AvgIpc) is 3.21. The van der Waals surface area contributed by atoms with Crippen molar-refractivity contribution in [1.29, 1.82) is 0 Å². The molecule has 28 heavy (non-hydrogen) atoms. The van der Waals surface area contributed by atoms with E-state index in [1.807, 2.05) is 6.07 Å². The number of thiophene rings is 1. The fourth-order valence-electron chi connectivity index (χ4n) is 3.49. The van der Waals surface area contributed by atoms with Crippen LogP contribution in [0.15, 0.2) is 40.2 Å². The highest BCUT2D eigenvalue weighted by Gasteiger charge is 2.18. The topological polar surface area (TPSA) is 46.5 Å². The molecule has 1 N–H and O–H groups in total. The molecule has 1 aromatic carbocycles. The molecule has 0 bridgehead atoms. The Kier molecular flexibility index (Phi) is 6.16. The maximum absolute atomic E-state index is 12.9. The summed E-state index contributed by atoms with van der Waals surface area (Å²) in [6.45, 7) is 7.68. The number of fused-ring (bicyclic) bond motifs is 1. The van der Waals surface area contributed by atoms with Gasteiger partial charge in [0.15, 0.2) is 0 Å². The SMILES string of the molecule is Cc1ccc(Cn2c(C(=O)NCCN3CCOCC3)cc3sc(Br)cc32)cc1. The van der Waals surface area contributed by atoms with Crippen molar-refractivity contribution < 1.29 is 9.53 Å². The third-order valence-corrected chi connectivity index (χ3v) is 6.65. The van der Waals surface area contributed by atoms with Crippen LogP contribution in [-0.4, -0.2) is 54.8 Å². The first kappa shape index (κ1) is 19.6. The zero-order chi connectivity index (χ0) is 19.5. The van der Waals surface area contributed by atoms with E-state index in [4.69, 9.17) is 4.74 Å². The second-order valence-electron chi connectivity index (χ2n) is 7.11. The van der Waals surface area contributed by atoms with E-state index in [-0.39, 0.29) is 5.91 Å². The van der Waals surface area contributed by atoms with Crippen LogP contribution in [0.3, 0.4) is 0 Å². The minimum Gasteiger partial charge on any atom is -0.379 e. The third kappa shape index (κ3) is 4.49. The number of nitrogens with one attached hydrogen (secondary N) is 1. The second kappa shape index (κ2) is 8.78. The zero-order valence-corrected chi connectivity index (χ0v) is 18.3. The van der Waals surface area contributed by atoms with Gasteiger partial charge in [0.05, 0.1) is 27.2 Å². The zero-order valence-electron chi connectivity index (χ0n) is 15.9. The Morgan fingerprint density at radius 2 is 1.96 bits per heavy atom. The lowest BCUT2D eigenvalue weighted by Crippen LogP contribution is -2.41. The highest BCUT2D eigenvalue weighted by Crippen LogP contribution is 2.33. The summed E-state index contributed by atoms with van der Waals surface area (Å²) in [5.74, 6) is -0.0140. The molecule has 4 rings (SSSR count). The minimum atomic E-state index is -0.0140. The van der Waals surface area contributed by atoms with E-state index in [0.717, 1.165) is 52.5 Å². The van der Waals surface area contributed by atoms with Crippen molar-refractivity contribution >= 4 is 43.4 Å². The summed E-state index contributed by atoms with van der Waals surface area (Å²) in [5, 5.41) is 3.10. The van der Waals surface area contributed by atoms with Crippen molar-refractivity contribution in [3.8, 4) is 0 Å². The standard InChI is InChI=1S/C21H24BrN3O2S/c1-15-2-4-16(5-3-15)14-25-17-13-20(22)28-19(17)12-18(25)21(26)23-6-7-24-8-10-27-11-9-24/h2-5,12-13H,6-11,14H2,1H3,(H,23,26). The van der Waals surface area contributed by atoms with Crippen molar-refractivity contribution in [3.05, 3.63) is 57.0 Å². The van der Waals surface area contributed by atoms with Crippen molar-refractivity contribution in [2.24, 2.45) is 0 Å². The molecule has 1 aliphatic heterocycles. The van der Waals surface area contributed by atoms with Crippen LogP contribution in [-0.2, 0) is 11.3 Å². The Bertz CT molecular complexity index is 958. The lowest BCUT2D eigenvalue weighted by atomic mass is 10.1. The molecule has 0 saturated carbocycles. The number of hydrogen-bond donors (Lipinski definition) is 1. The van der Waals surface area contributed by atoms with E-state index >= 15 is 0 Å². The number of nitrogens with zero attached hydrogens (tertiary/aromatic N) is 2. The smallest absolute Gasteiger partial charge is 0.268 e. The first-order chi connectivity index (χ1) is 13.6. The summed E-state index contributed by atoms with van der Waals surface area (Å²) in [6, 6.07) is 12.6. The highest BCUT2D eigenvalue weighted by atomic mass is 79.9. The fourth-order valence-corrected chi connectivity index (χ4v) is 5.05. The van der Waals surface area contributed by atoms with Gasteiger partial charge in [-0.1, -0.05) is 29.8 Å². The summed E-state index contributed by atoms with van der Waals surface area (Å²) in [6.07, 6.45) is 0. The molecule has 0 aliphatic carbocycles. The number of carbonyl (C=O) groups excluding carboxylic acids is 1. The van der Waals surface area contributed by atoms with Crippen LogP contribution < -0.4 is 5.32 Å². The number of aryl methyl sites for hydroxylation is 1. The number of carbonyl (C=O) groups is 1. The van der Waals surface area contributed by atoms with Gasteiger partial charge in [0, 0.05) is 32.7 Å². The van der Waals surface area contributed by atoms with Crippen LogP contribution >= 0.6 is 27.3 Å². The number of rotatable bonds is 6. The summed E-state index contributed by atoms with van der Waals surface area (Å²) < 4.78 is 9.69. The molecule has 0 radical (unpaired) electrons. The molecule has 1 fully saturated rings. The molecule has 0 spiro atoms. The highest BCUT2D eigenvalue weighted by molar-refractivity contribution is 9.11. The van der Waals surface area contributed by atoms with Crippen molar-refractivity contribution in [3.63, 3.8) is 0 Å².